The van der Waals surface area contributed by atoms with Gasteiger partial charge in [0.1, 0.15) is 0 Å². The Labute approximate surface area is 275 Å². The van der Waals surface area contributed by atoms with E-state index in [1.165, 1.54) is 88.7 Å². The van der Waals surface area contributed by atoms with Crippen molar-refractivity contribution in [2.24, 2.45) is 0 Å². The topological polar surface area (TPSA) is 3.24 Å². The summed E-state index contributed by atoms with van der Waals surface area (Å²) in [4.78, 5) is 2.54. The fraction of sp³-hybridized carbons (Fsp3) is 0.0870. The van der Waals surface area contributed by atoms with Gasteiger partial charge in [-0.3, -0.25) is 0 Å². The first-order valence-corrected chi connectivity index (χ1v) is 16.9. The van der Waals surface area contributed by atoms with E-state index < -0.39 is 0 Å². The molecule has 0 spiro atoms. The fourth-order valence-corrected chi connectivity index (χ4v) is 8.57. The van der Waals surface area contributed by atoms with Gasteiger partial charge in [-0.2, -0.15) is 0 Å². The van der Waals surface area contributed by atoms with E-state index in [9.17, 15) is 0 Å². The minimum atomic E-state index is 0.278. The minimum absolute atomic E-state index is 0.278. The molecule has 1 nitrogen and oxygen atoms in total. The van der Waals surface area contributed by atoms with Crippen molar-refractivity contribution in [3.8, 4) is 33.4 Å². The van der Waals surface area contributed by atoms with Crippen molar-refractivity contribution >= 4 is 40.4 Å². The van der Waals surface area contributed by atoms with Crippen molar-refractivity contribution in [1.29, 1.82) is 0 Å². The Bertz CT molecular complexity index is 2440. The van der Waals surface area contributed by atoms with Crippen LogP contribution in [0.25, 0.3) is 56.7 Å². The Morgan fingerprint density at radius 3 is 1.98 bits per heavy atom. The Morgan fingerprint density at radius 2 is 1.15 bits per heavy atom. The summed E-state index contributed by atoms with van der Waals surface area (Å²) < 4.78 is 0. The average molecular weight is 600 g/mol. The van der Waals surface area contributed by atoms with Crippen molar-refractivity contribution in [1.82, 2.24) is 0 Å². The zero-order valence-corrected chi connectivity index (χ0v) is 26.2. The molecule has 0 N–H and O–H groups in total. The highest BCUT2D eigenvalue weighted by molar-refractivity contribution is 6.18. The fourth-order valence-electron chi connectivity index (χ4n) is 8.57. The predicted octanol–water partition coefficient (Wildman–Crippen LogP) is 10.8. The van der Waals surface area contributed by atoms with Gasteiger partial charge < -0.3 is 4.90 Å². The lowest BCUT2D eigenvalue weighted by Gasteiger charge is -2.33. The van der Waals surface area contributed by atoms with Crippen molar-refractivity contribution in [2.75, 3.05) is 4.90 Å². The summed E-state index contributed by atoms with van der Waals surface area (Å²) in [5, 5.41) is 2.65. The second-order valence-electron chi connectivity index (χ2n) is 13.1. The SMILES string of the molecule is C1=CC2=C(CC1)c1cccc3c1-c1c(cccc1N(c1ccccc1)c1ccccc1C1C=c4ccccc4=CC1)-c1cccc-3c12. The van der Waals surface area contributed by atoms with Gasteiger partial charge >= 0.3 is 0 Å². The van der Waals surface area contributed by atoms with Gasteiger partial charge in [-0.15, -0.1) is 0 Å². The van der Waals surface area contributed by atoms with Crippen LogP contribution in [0.5, 0.6) is 0 Å². The summed E-state index contributed by atoms with van der Waals surface area (Å²) in [6.45, 7) is 0. The van der Waals surface area contributed by atoms with E-state index in [0.717, 1.165) is 19.3 Å². The molecule has 4 aliphatic rings. The van der Waals surface area contributed by atoms with Crippen molar-refractivity contribution in [3.63, 3.8) is 0 Å². The number of nitrogens with zero attached hydrogens (tertiary/aromatic N) is 1. The van der Waals surface area contributed by atoms with Gasteiger partial charge in [0.15, 0.2) is 0 Å². The van der Waals surface area contributed by atoms with Crippen LogP contribution in [-0.2, 0) is 0 Å². The number of hydrogen-bond acceptors (Lipinski definition) is 1. The third-order valence-corrected chi connectivity index (χ3v) is 10.6. The molecule has 0 radical (unpaired) electrons. The number of anilines is 3. The monoisotopic (exact) mass is 599 g/mol. The number of para-hydroxylation sites is 2. The number of allylic oxidation sites excluding steroid dienone is 4. The van der Waals surface area contributed by atoms with E-state index in [-0.39, 0.29) is 5.92 Å². The molecule has 6 bridgehead atoms. The summed E-state index contributed by atoms with van der Waals surface area (Å²) in [6, 6.07) is 49.7. The van der Waals surface area contributed by atoms with Crippen molar-refractivity contribution in [2.45, 2.75) is 25.2 Å². The predicted molar refractivity (Wildman–Crippen MR) is 198 cm³/mol. The third-order valence-electron chi connectivity index (χ3n) is 10.6. The standard InChI is InChI=1S/C46H33N/c1-2-15-33(16-3-1)47(42-25-9-8-17-34(42)32-28-27-30-13-4-5-14-31(30)29-32)43-26-12-24-41-39-22-11-21-38-40-23-10-20-37(45(40)46(41)43)35-18-6-7-19-36(35)44(38)39/h1-5,7-17,19-27,29,32H,6,18,28H2. The maximum atomic E-state index is 2.54. The normalized spacial score (nSPS) is 16.2. The molecule has 0 aliphatic heterocycles. The molecule has 0 saturated heterocycles. The van der Waals surface area contributed by atoms with E-state index in [2.05, 4.69) is 163 Å². The molecular formula is C46H33N. The van der Waals surface area contributed by atoms with Crippen LogP contribution in [0.3, 0.4) is 0 Å². The molecule has 4 aliphatic carbocycles. The van der Waals surface area contributed by atoms with E-state index >= 15 is 0 Å². The maximum absolute atomic E-state index is 2.54. The smallest absolute Gasteiger partial charge is 0.0546 e. The Kier molecular flexibility index (Phi) is 5.90. The molecule has 1 heteroatoms. The summed E-state index contributed by atoms with van der Waals surface area (Å²) in [5.41, 5.74) is 18.6. The number of hydrogen-bond donors (Lipinski definition) is 0. The van der Waals surface area contributed by atoms with E-state index in [4.69, 9.17) is 0 Å². The zero-order chi connectivity index (χ0) is 30.9. The van der Waals surface area contributed by atoms with Gasteiger partial charge in [-0.25, -0.2) is 0 Å². The van der Waals surface area contributed by atoms with Crippen LogP contribution in [0, 0.1) is 0 Å². The minimum Gasteiger partial charge on any atom is -0.310 e. The first-order chi connectivity index (χ1) is 23.3. The molecule has 10 rings (SSSR count). The summed E-state index contributed by atoms with van der Waals surface area (Å²) in [5.74, 6) is 0.278. The van der Waals surface area contributed by atoms with E-state index in [0.29, 0.717) is 0 Å². The molecular weight excluding hydrogens is 567 g/mol. The van der Waals surface area contributed by atoms with Crippen molar-refractivity contribution in [3.05, 3.63) is 173 Å². The highest BCUT2D eigenvalue weighted by Gasteiger charge is 2.34. The van der Waals surface area contributed by atoms with Crippen LogP contribution < -0.4 is 15.3 Å². The molecule has 6 aromatic carbocycles. The van der Waals surface area contributed by atoms with Gasteiger partial charge in [0.2, 0.25) is 0 Å². The highest BCUT2D eigenvalue weighted by Crippen LogP contribution is 2.59. The first kappa shape index (κ1) is 26.5. The lowest BCUT2D eigenvalue weighted by Crippen LogP contribution is -2.28. The van der Waals surface area contributed by atoms with Crippen LogP contribution in [-0.4, -0.2) is 0 Å². The Balaban J connectivity index is 1.28. The lowest BCUT2D eigenvalue weighted by molar-refractivity contribution is 0.917. The summed E-state index contributed by atoms with van der Waals surface area (Å²) >= 11 is 0. The van der Waals surface area contributed by atoms with Crippen LogP contribution in [0.2, 0.25) is 0 Å². The molecule has 0 fully saturated rings. The quantitative estimate of drug-likeness (QED) is 0.195. The molecule has 0 aromatic heterocycles. The van der Waals surface area contributed by atoms with Crippen molar-refractivity contribution < 1.29 is 0 Å². The molecule has 1 atom stereocenters. The summed E-state index contributed by atoms with van der Waals surface area (Å²) in [6.07, 6.45) is 12.7. The lowest BCUT2D eigenvalue weighted by atomic mass is 9.80. The van der Waals surface area contributed by atoms with Crippen LogP contribution >= 0.6 is 0 Å². The zero-order valence-electron chi connectivity index (χ0n) is 26.2. The van der Waals surface area contributed by atoms with Gasteiger partial charge in [0, 0.05) is 22.9 Å². The first-order valence-electron chi connectivity index (χ1n) is 16.9. The van der Waals surface area contributed by atoms with E-state index in [1.54, 1.807) is 0 Å². The molecule has 6 aromatic rings. The number of benzene rings is 6. The van der Waals surface area contributed by atoms with E-state index in [1.807, 2.05) is 0 Å². The van der Waals surface area contributed by atoms with Crippen LogP contribution in [0.4, 0.5) is 17.1 Å². The Morgan fingerprint density at radius 1 is 0.511 bits per heavy atom. The van der Waals surface area contributed by atoms with Gasteiger partial charge in [-0.05, 0) is 110 Å². The molecule has 0 saturated carbocycles. The van der Waals surface area contributed by atoms with Gasteiger partial charge in [-0.1, -0.05) is 133 Å². The highest BCUT2D eigenvalue weighted by atomic mass is 15.1. The molecule has 0 amide bonds. The molecule has 222 valence electrons. The number of rotatable bonds is 4. The largest absolute Gasteiger partial charge is 0.310 e. The second-order valence-corrected chi connectivity index (χ2v) is 13.1. The molecule has 1 unspecified atom stereocenters. The van der Waals surface area contributed by atoms with Crippen LogP contribution in [0.15, 0.2) is 146 Å². The van der Waals surface area contributed by atoms with Crippen LogP contribution in [0.1, 0.15) is 41.9 Å². The molecule has 47 heavy (non-hydrogen) atoms. The summed E-state index contributed by atoms with van der Waals surface area (Å²) in [7, 11) is 0. The second kappa shape index (κ2) is 10.4. The number of fused-ring (bicyclic) bond motifs is 4. The Hall–Kier alpha value is -5.66. The molecule has 0 heterocycles. The average Bonchev–Trinajstić information content (AvgIpc) is 3.25. The van der Waals surface area contributed by atoms with Gasteiger partial charge in [0.25, 0.3) is 0 Å². The maximum Gasteiger partial charge on any atom is 0.0546 e. The third kappa shape index (κ3) is 3.96. The van der Waals surface area contributed by atoms with Gasteiger partial charge in [0.05, 0.1) is 5.69 Å².